The Hall–Kier alpha value is -1.21. The molecule has 0 aliphatic rings. The van der Waals surface area contributed by atoms with Crippen molar-refractivity contribution in [2.24, 2.45) is 5.73 Å². The molecule has 0 bridgehead atoms. The lowest BCUT2D eigenvalue weighted by Crippen LogP contribution is -2.31. The highest BCUT2D eigenvalue weighted by atomic mass is 79.9. The highest BCUT2D eigenvalue weighted by Crippen LogP contribution is 2.33. The van der Waals surface area contributed by atoms with Crippen LogP contribution >= 0.6 is 15.9 Å². The largest absolute Gasteiger partial charge is 0.505 e. The van der Waals surface area contributed by atoms with Crippen LogP contribution in [-0.2, 0) is 9.53 Å². The first-order chi connectivity index (χ1) is 8.40. The van der Waals surface area contributed by atoms with Gasteiger partial charge in [-0.25, -0.2) is 13.6 Å². The Bertz CT molecular complexity index is 456. The number of esters is 1. The number of phenols is 1. The Morgan fingerprint density at radius 1 is 1.61 bits per heavy atom. The zero-order valence-corrected chi connectivity index (χ0v) is 11.1. The van der Waals surface area contributed by atoms with Crippen LogP contribution in [0.25, 0.3) is 0 Å². The molecule has 0 saturated carbocycles. The van der Waals surface area contributed by atoms with Crippen molar-refractivity contribution in [2.75, 3.05) is 6.61 Å². The van der Waals surface area contributed by atoms with Crippen molar-refractivity contribution in [1.82, 2.24) is 0 Å². The number of hydrogen-bond acceptors (Lipinski definition) is 4. The molecular weight excluding hydrogens is 312 g/mol. The molecular formula is C11H12BrF2NO3. The van der Waals surface area contributed by atoms with Crippen LogP contribution in [0.4, 0.5) is 8.78 Å². The van der Waals surface area contributed by atoms with Gasteiger partial charge in [0.2, 0.25) is 6.17 Å². The van der Waals surface area contributed by atoms with Crippen LogP contribution < -0.4 is 5.73 Å². The standard InChI is InChI=1S/C11H12BrF2NO3/c1-2-18-11(17)8(14)9(15)5-3-4-6(12)7(13)10(5)16/h3-4,8-9,16H,2,15H2,1H3/t8?,9-/m1/s1. The number of nitrogens with two attached hydrogens (primary N) is 1. The van der Waals surface area contributed by atoms with Gasteiger partial charge in [0.1, 0.15) is 0 Å². The molecule has 1 rings (SSSR count). The van der Waals surface area contributed by atoms with E-state index in [1.54, 1.807) is 0 Å². The lowest BCUT2D eigenvalue weighted by atomic mass is 10.0. The molecule has 0 fully saturated rings. The predicted octanol–water partition coefficient (Wildman–Crippen LogP) is 2.19. The van der Waals surface area contributed by atoms with Gasteiger partial charge in [0.05, 0.1) is 17.1 Å². The molecule has 0 heterocycles. The van der Waals surface area contributed by atoms with Crippen molar-refractivity contribution in [2.45, 2.75) is 19.1 Å². The van der Waals surface area contributed by atoms with Gasteiger partial charge in [-0.1, -0.05) is 6.07 Å². The summed E-state index contributed by atoms with van der Waals surface area (Å²) in [4.78, 5) is 11.2. The molecule has 0 amide bonds. The maximum atomic E-state index is 13.6. The molecule has 1 aromatic carbocycles. The van der Waals surface area contributed by atoms with E-state index in [1.807, 2.05) is 0 Å². The predicted molar refractivity (Wildman–Crippen MR) is 64.2 cm³/mol. The zero-order chi connectivity index (χ0) is 13.9. The molecule has 0 aliphatic carbocycles. The van der Waals surface area contributed by atoms with Crippen LogP contribution in [0, 0.1) is 5.82 Å². The summed E-state index contributed by atoms with van der Waals surface area (Å²) in [5, 5.41) is 9.51. The quantitative estimate of drug-likeness (QED) is 0.833. The molecule has 7 heteroatoms. The number of carbonyl (C=O) groups is 1. The van der Waals surface area contributed by atoms with Crippen molar-refractivity contribution >= 4 is 21.9 Å². The molecule has 0 saturated heterocycles. The molecule has 1 unspecified atom stereocenters. The molecule has 0 aliphatic heterocycles. The third kappa shape index (κ3) is 2.97. The van der Waals surface area contributed by atoms with E-state index in [9.17, 15) is 18.7 Å². The third-order valence-electron chi connectivity index (χ3n) is 2.29. The van der Waals surface area contributed by atoms with Gasteiger partial charge in [-0.15, -0.1) is 0 Å². The maximum absolute atomic E-state index is 13.6. The van der Waals surface area contributed by atoms with Gasteiger partial charge >= 0.3 is 5.97 Å². The fourth-order valence-electron chi connectivity index (χ4n) is 1.35. The van der Waals surface area contributed by atoms with E-state index in [0.717, 1.165) is 0 Å². The second-order valence-corrected chi connectivity index (χ2v) is 4.33. The van der Waals surface area contributed by atoms with E-state index < -0.39 is 29.7 Å². The summed E-state index contributed by atoms with van der Waals surface area (Å²) in [6.45, 7) is 1.53. The minimum atomic E-state index is -2.17. The molecule has 3 N–H and O–H groups in total. The summed E-state index contributed by atoms with van der Waals surface area (Å²) >= 11 is 2.86. The van der Waals surface area contributed by atoms with E-state index in [2.05, 4.69) is 20.7 Å². The number of phenolic OH excluding ortho intramolecular Hbond substituents is 1. The molecule has 0 aromatic heterocycles. The molecule has 0 radical (unpaired) electrons. The SMILES string of the molecule is CCOC(=O)C(F)[C@H](N)c1ccc(Br)c(F)c1O. The normalized spacial score (nSPS) is 14.1. The highest BCUT2D eigenvalue weighted by Gasteiger charge is 2.30. The van der Waals surface area contributed by atoms with Gasteiger partial charge in [-0.3, -0.25) is 0 Å². The minimum absolute atomic E-state index is 0.00660. The second kappa shape index (κ2) is 6.10. The first-order valence-electron chi connectivity index (χ1n) is 5.13. The Morgan fingerprint density at radius 2 is 2.22 bits per heavy atom. The fraction of sp³-hybridized carbons (Fsp3) is 0.364. The van der Waals surface area contributed by atoms with Crippen molar-refractivity contribution in [1.29, 1.82) is 0 Å². The lowest BCUT2D eigenvalue weighted by molar-refractivity contribution is -0.149. The van der Waals surface area contributed by atoms with Crippen LogP contribution in [0.1, 0.15) is 18.5 Å². The van der Waals surface area contributed by atoms with E-state index >= 15 is 0 Å². The maximum Gasteiger partial charge on any atom is 0.342 e. The minimum Gasteiger partial charge on any atom is -0.505 e. The van der Waals surface area contributed by atoms with Gasteiger partial charge < -0.3 is 15.6 Å². The van der Waals surface area contributed by atoms with Gasteiger partial charge in [-0.2, -0.15) is 0 Å². The average Bonchev–Trinajstić information content (AvgIpc) is 2.35. The number of alkyl halides is 1. The van der Waals surface area contributed by atoms with Crippen LogP contribution in [0.3, 0.4) is 0 Å². The average molecular weight is 324 g/mol. The molecule has 1 aromatic rings. The van der Waals surface area contributed by atoms with Crippen LogP contribution in [0.5, 0.6) is 5.75 Å². The van der Waals surface area contributed by atoms with Crippen LogP contribution in [0.2, 0.25) is 0 Å². The monoisotopic (exact) mass is 323 g/mol. The summed E-state index contributed by atoms with van der Waals surface area (Å²) < 4.78 is 31.5. The van der Waals surface area contributed by atoms with E-state index in [1.165, 1.54) is 19.1 Å². The molecule has 0 spiro atoms. The van der Waals surface area contributed by atoms with E-state index in [0.29, 0.717) is 0 Å². The molecule has 18 heavy (non-hydrogen) atoms. The Balaban J connectivity index is 3.00. The van der Waals surface area contributed by atoms with Gasteiger partial charge in [0, 0.05) is 5.56 Å². The number of rotatable bonds is 4. The summed E-state index contributed by atoms with van der Waals surface area (Å²) in [5.41, 5.74) is 5.27. The zero-order valence-electron chi connectivity index (χ0n) is 9.49. The third-order valence-corrected chi connectivity index (χ3v) is 2.90. The number of carbonyl (C=O) groups excluding carboxylic acids is 1. The van der Waals surface area contributed by atoms with Gasteiger partial charge in [0.25, 0.3) is 0 Å². The first-order valence-corrected chi connectivity index (χ1v) is 5.92. The van der Waals surface area contributed by atoms with E-state index in [-0.39, 0.29) is 16.6 Å². The summed E-state index contributed by atoms with van der Waals surface area (Å²) in [5.74, 6) is -2.89. The summed E-state index contributed by atoms with van der Waals surface area (Å²) in [6.07, 6.45) is -2.17. The summed E-state index contributed by atoms with van der Waals surface area (Å²) in [7, 11) is 0. The van der Waals surface area contributed by atoms with Crippen LogP contribution in [-0.4, -0.2) is 23.9 Å². The van der Waals surface area contributed by atoms with E-state index in [4.69, 9.17) is 5.73 Å². The van der Waals surface area contributed by atoms with Crippen molar-refractivity contribution in [3.63, 3.8) is 0 Å². The Morgan fingerprint density at radius 3 is 2.78 bits per heavy atom. The number of aromatic hydroxyl groups is 1. The smallest absolute Gasteiger partial charge is 0.342 e. The molecule has 4 nitrogen and oxygen atoms in total. The number of halogens is 3. The van der Waals surface area contributed by atoms with Crippen molar-refractivity contribution in [3.8, 4) is 5.75 Å². The van der Waals surface area contributed by atoms with Crippen LogP contribution in [0.15, 0.2) is 16.6 Å². The van der Waals surface area contributed by atoms with Gasteiger partial charge in [-0.05, 0) is 28.9 Å². The highest BCUT2D eigenvalue weighted by molar-refractivity contribution is 9.10. The first kappa shape index (κ1) is 14.8. The molecule has 2 atom stereocenters. The summed E-state index contributed by atoms with van der Waals surface area (Å²) in [6, 6.07) is 1.01. The topological polar surface area (TPSA) is 72.5 Å². The number of ether oxygens (including phenoxy) is 1. The Kier molecular flexibility index (Phi) is 5.03. The number of hydrogen-bond donors (Lipinski definition) is 2. The second-order valence-electron chi connectivity index (χ2n) is 3.48. The lowest BCUT2D eigenvalue weighted by Gasteiger charge is -2.17. The van der Waals surface area contributed by atoms with Gasteiger partial charge in [0.15, 0.2) is 11.6 Å². The fourth-order valence-corrected chi connectivity index (χ4v) is 1.67. The Labute approximate surface area is 111 Å². The molecule has 100 valence electrons. The van der Waals surface area contributed by atoms with Crippen molar-refractivity contribution < 1.29 is 23.4 Å². The van der Waals surface area contributed by atoms with Crippen molar-refractivity contribution in [3.05, 3.63) is 28.0 Å². The number of benzene rings is 1.